The van der Waals surface area contributed by atoms with Crippen LogP contribution >= 0.6 is 15.9 Å². The summed E-state index contributed by atoms with van der Waals surface area (Å²) < 4.78 is 8.41. The van der Waals surface area contributed by atoms with Crippen molar-refractivity contribution in [1.29, 1.82) is 0 Å². The highest BCUT2D eigenvalue weighted by Gasteiger charge is 2.24. The third kappa shape index (κ3) is 2.89. The van der Waals surface area contributed by atoms with Crippen molar-refractivity contribution in [3.8, 4) is 0 Å². The highest BCUT2D eigenvalue weighted by atomic mass is 79.9. The fourth-order valence-corrected chi connectivity index (χ4v) is 2.92. The molecule has 96 valence electrons. The Hall–Kier alpha value is -0.390. The normalized spacial score (nSPS) is 22.3. The van der Waals surface area contributed by atoms with Gasteiger partial charge in [0.2, 0.25) is 0 Å². The first kappa shape index (κ1) is 13.1. The molecule has 0 aliphatic carbocycles. The molecule has 1 aliphatic rings. The van der Waals surface area contributed by atoms with Gasteiger partial charge in [0.25, 0.3) is 0 Å². The molecule has 1 aliphatic heterocycles. The van der Waals surface area contributed by atoms with Gasteiger partial charge in [-0.25, -0.2) is 0 Å². The molecule has 1 aromatic heterocycles. The molecular weight excluding hydrogens is 282 g/mol. The summed E-state index contributed by atoms with van der Waals surface area (Å²) >= 11 is 3.54. The molecule has 0 radical (unpaired) electrons. The van der Waals surface area contributed by atoms with Crippen LogP contribution in [0.3, 0.4) is 0 Å². The summed E-state index contributed by atoms with van der Waals surface area (Å²) in [5.41, 5.74) is 7.42. The van der Waals surface area contributed by atoms with Gasteiger partial charge in [-0.2, -0.15) is 5.10 Å². The number of nitrogens with two attached hydrogens (primary N) is 1. The second-order valence-electron chi connectivity index (χ2n) is 4.99. The van der Waals surface area contributed by atoms with Crippen LogP contribution in [0, 0.1) is 5.92 Å². The van der Waals surface area contributed by atoms with E-state index < -0.39 is 0 Å². The van der Waals surface area contributed by atoms with E-state index in [1.54, 1.807) is 0 Å². The lowest BCUT2D eigenvalue weighted by atomic mass is 9.97. The molecule has 4 nitrogen and oxygen atoms in total. The van der Waals surface area contributed by atoms with Gasteiger partial charge in [0.1, 0.15) is 0 Å². The Morgan fingerprint density at radius 2 is 2.41 bits per heavy atom. The van der Waals surface area contributed by atoms with E-state index in [1.165, 1.54) is 0 Å². The molecule has 2 N–H and O–H groups in total. The summed E-state index contributed by atoms with van der Waals surface area (Å²) in [5, 5.41) is 4.37. The number of hydrogen-bond acceptors (Lipinski definition) is 3. The van der Waals surface area contributed by atoms with Crippen LogP contribution in [0.25, 0.3) is 0 Å². The molecule has 0 bridgehead atoms. The summed E-state index contributed by atoms with van der Waals surface area (Å²) in [6.45, 7) is 5.96. The van der Waals surface area contributed by atoms with Gasteiger partial charge in [0.05, 0.1) is 16.4 Å². The van der Waals surface area contributed by atoms with E-state index in [0.717, 1.165) is 36.2 Å². The van der Waals surface area contributed by atoms with Crippen LogP contribution in [0.5, 0.6) is 0 Å². The van der Waals surface area contributed by atoms with Gasteiger partial charge in [0, 0.05) is 25.3 Å². The van der Waals surface area contributed by atoms with E-state index in [2.05, 4.69) is 34.9 Å². The summed E-state index contributed by atoms with van der Waals surface area (Å²) in [5.74, 6) is 0.590. The Kier molecular flexibility index (Phi) is 4.22. The fraction of sp³-hybridized carbons (Fsp3) is 0.750. The van der Waals surface area contributed by atoms with E-state index in [0.29, 0.717) is 12.0 Å². The van der Waals surface area contributed by atoms with Crippen molar-refractivity contribution in [2.45, 2.75) is 38.8 Å². The third-order valence-corrected chi connectivity index (χ3v) is 3.85. The lowest BCUT2D eigenvalue weighted by Crippen LogP contribution is -2.21. The SMILES string of the molecule is CC(C)n1ncc(Br)c1C(N)CC1CCOC1. The predicted molar refractivity (Wildman–Crippen MR) is 70.8 cm³/mol. The van der Waals surface area contributed by atoms with Gasteiger partial charge in [-0.05, 0) is 48.5 Å². The molecule has 1 aromatic rings. The van der Waals surface area contributed by atoms with Crippen LogP contribution in [-0.2, 0) is 4.74 Å². The topological polar surface area (TPSA) is 53.1 Å². The molecule has 0 spiro atoms. The molecule has 5 heteroatoms. The molecule has 1 saturated heterocycles. The Labute approximate surface area is 111 Å². The molecule has 2 rings (SSSR count). The average molecular weight is 302 g/mol. The first-order valence-electron chi connectivity index (χ1n) is 6.15. The summed E-state index contributed by atoms with van der Waals surface area (Å²) in [7, 11) is 0. The smallest absolute Gasteiger partial charge is 0.0696 e. The number of halogens is 1. The minimum absolute atomic E-state index is 0.0287. The van der Waals surface area contributed by atoms with Crippen molar-refractivity contribution in [2.24, 2.45) is 11.7 Å². The molecule has 2 atom stereocenters. The molecule has 1 fully saturated rings. The van der Waals surface area contributed by atoms with E-state index >= 15 is 0 Å². The van der Waals surface area contributed by atoms with E-state index in [-0.39, 0.29) is 6.04 Å². The quantitative estimate of drug-likeness (QED) is 0.930. The lowest BCUT2D eigenvalue weighted by molar-refractivity contribution is 0.182. The zero-order chi connectivity index (χ0) is 12.4. The minimum atomic E-state index is 0.0287. The molecule has 2 unspecified atom stereocenters. The van der Waals surface area contributed by atoms with Crippen LogP contribution in [-0.4, -0.2) is 23.0 Å². The fourth-order valence-electron chi connectivity index (χ4n) is 2.35. The van der Waals surface area contributed by atoms with Crippen molar-refractivity contribution in [3.05, 3.63) is 16.4 Å². The van der Waals surface area contributed by atoms with Crippen molar-refractivity contribution >= 4 is 15.9 Å². The van der Waals surface area contributed by atoms with Gasteiger partial charge >= 0.3 is 0 Å². The zero-order valence-electron chi connectivity index (χ0n) is 10.4. The maximum Gasteiger partial charge on any atom is 0.0696 e. The standard InChI is InChI=1S/C12H20BrN3O/c1-8(2)16-12(10(13)6-15-16)11(14)5-9-3-4-17-7-9/h6,8-9,11H,3-5,7,14H2,1-2H3. The first-order chi connectivity index (χ1) is 8.09. The summed E-state index contributed by atoms with van der Waals surface area (Å²) in [6.07, 6.45) is 3.93. The molecule has 2 heterocycles. The van der Waals surface area contributed by atoms with Crippen LogP contribution in [0.4, 0.5) is 0 Å². The van der Waals surface area contributed by atoms with Crippen molar-refractivity contribution in [3.63, 3.8) is 0 Å². The number of hydrogen-bond donors (Lipinski definition) is 1. The highest BCUT2D eigenvalue weighted by molar-refractivity contribution is 9.10. The van der Waals surface area contributed by atoms with Gasteiger partial charge in [-0.3, -0.25) is 4.68 Å². The second-order valence-corrected chi connectivity index (χ2v) is 5.84. The average Bonchev–Trinajstić information content (AvgIpc) is 2.86. The van der Waals surface area contributed by atoms with Crippen molar-refractivity contribution < 1.29 is 4.74 Å². The van der Waals surface area contributed by atoms with Gasteiger partial charge in [-0.15, -0.1) is 0 Å². The largest absolute Gasteiger partial charge is 0.381 e. The minimum Gasteiger partial charge on any atom is -0.381 e. The number of rotatable bonds is 4. The molecular formula is C12H20BrN3O. The third-order valence-electron chi connectivity index (χ3n) is 3.24. The maximum absolute atomic E-state index is 6.31. The molecule has 0 saturated carbocycles. The lowest BCUT2D eigenvalue weighted by Gasteiger charge is -2.19. The first-order valence-corrected chi connectivity index (χ1v) is 6.95. The summed E-state index contributed by atoms with van der Waals surface area (Å²) in [4.78, 5) is 0. The highest BCUT2D eigenvalue weighted by Crippen LogP contribution is 2.30. The van der Waals surface area contributed by atoms with Gasteiger partial charge < -0.3 is 10.5 Å². The second kappa shape index (κ2) is 5.50. The Bertz CT molecular complexity index is 372. The summed E-state index contributed by atoms with van der Waals surface area (Å²) in [6, 6.07) is 0.364. The van der Waals surface area contributed by atoms with E-state index in [1.807, 2.05) is 10.9 Å². The number of ether oxygens (including phenoxy) is 1. The maximum atomic E-state index is 6.31. The van der Waals surface area contributed by atoms with E-state index in [9.17, 15) is 0 Å². The molecule has 0 amide bonds. The molecule has 17 heavy (non-hydrogen) atoms. The van der Waals surface area contributed by atoms with Crippen LogP contribution in [0.2, 0.25) is 0 Å². The predicted octanol–water partition coefficient (Wildman–Crippen LogP) is 2.65. The number of nitrogens with zero attached hydrogens (tertiary/aromatic N) is 2. The monoisotopic (exact) mass is 301 g/mol. The van der Waals surface area contributed by atoms with E-state index in [4.69, 9.17) is 10.5 Å². The van der Waals surface area contributed by atoms with Crippen LogP contribution < -0.4 is 5.73 Å². The Morgan fingerprint density at radius 3 is 3.00 bits per heavy atom. The Morgan fingerprint density at radius 1 is 1.65 bits per heavy atom. The Balaban J connectivity index is 2.11. The zero-order valence-corrected chi connectivity index (χ0v) is 12.0. The molecule has 0 aromatic carbocycles. The van der Waals surface area contributed by atoms with Gasteiger partial charge in [0.15, 0.2) is 0 Å². The van der Waals surface area contributed by atoms with Crippen LogP contribution in [0.1, 0.15) is 44.5 Å². The van der Waals surface area contributed by atoms with Crippen molar-refractivity contribution in [2.75, 3.05) is 13.2 Å². The van der Waals surface area contributed by atoms with Crippen LogP contribution in [0.15, 0.2) is 10.7 Å². The number of aromatic nitrogens is 2. The van der Waals surface area contributed by atoms with Gasteiger partial charge in [-0.1, -0.05) is 0 Å². The van der Waals surface area contributed by atoms with Crippen molar-refractivity contribution in [1.82, 2.24) is 9.78 Å².